The Morgan fingerprint density at radius 2 is 1.96 bits per heavy atom. The van der Waals surface area contributed by atoms with Crippen LogP contribution in [-0.4, -0.2) is 27.2 Å². The Morgan fingerprint density at radius 3 is 2.61 bits per heavy atom. The van der Waals surface area contributed by atoms with E-state index in [0.717, 1.165) is 23.5 Å². The zero-order valence-corrected chi connectivity index (χ0v) is 14.0. The number of hydrogen-bond acceptors (Lipinski definition) is 4. The third-order valence-electron chi connectivity index (χ3n) is 4.64. The van der Waals surface area contributed by atoms with E-state index < -0.39 is 0 Å². The first-order valence-electron chi connectivity index (χ1n) is 8.79. The van der Waals surface area contributed by atoms with Gasteiger partial charge in [-0.25, -0.2) is 14.3 Å². The first-order valence-corrected chi connectivity index (χ1v) is 8.79. The van der Waals surface area contributed by atoms with Crippen molar-refractivity contribution in [3.63, 3.8) is 0 Å². The maximum atomic E-state index is 11.9. The molecule has 2 aromatic heterocycles. The zero-order valence-electron chi connectivity index (χ0n) is 14.0. The van der Waals surface area contributed by atoms with Crippen LogP contribution in [0.15, 0.2) is 12.1 Å². The molecule has 0 radical (unpaired) electrons. The smallest absolute Gasteiger partial charge is 0.358 e. The van der Waals surface area contributed by atoms with Crippen molar-refractivity contribution in [2.75, 3.05) is 6.61 Å². The number of ether oxygens (including phenoxy) is 1. The first-order chi connectivity index (χ1) is 11.2. The van der Waals surface area contributed by atoms with Crippen LogP contribution in [0.5, 0.6) is 0 Å². The molecule has 0 atom stereocenters. The minimum absolute atomic E-state index is 0.340. The lowest BCUT2D eigenvalue weighted by molar-refractivity contribution is 0.0519. The van der Waals surface area contributed by atoms with Crippen molar-refractivity contribution in [3.8, 4) is 0 Å². The van der Waals surface area contributed by atoms with Crippen molar-refractivity contribution in [2.45, 2.75) is 64.7 Å². The third kappa shape index (κ3) is 3.38. The molecular formula is C18H25N3O2. The standard InChI is InChI=1S/C18H25N3O2/c1-3-14-11-15(13-9-7-5-6-8-10-13)19-17-12-16(20-21(14)17)18(22)23-4-2/h11-13H,3-10H2,1-2H3. The van der Waals surface area contributed by atoms with Crippen LogP contribution in [0.2, 0.25) is 0 Å². The topological polar surface area (TPSA) is 56.5 Å². The van der Waals surface area contributed by atoms with Gasteiger partial charge in [0.15, 0.2) is 11.3 Å². The van der Waals surface area contributed by atoms with E-state index in [0.29, 0.717) is 18.2 Å². The number of aryl methyl sites for hydroxylation is 1. The van der Waals surface area contributed by atoms with Crippen molar-refractivity contribution in [3.05, 3.63) is 29.2 Å². The predicted molar refractivity (Wildman–Crippen MR) is 88.8 cm³/mol. The molecule has 2 aromatic rings. The van der Waals surface area contributed by atoms with E-state index in [4.69, 9.17) is 9.72 Å². The highest BCUT2D eigenvalue weighted by Gasteiger charge is 2.20. The third-order valence-corrected chi connectivity index (χ3v) is 4.64. The van der Waals surface area contributed by atoms with Gasteiger partial charge in [-0.15, -0.1) is 0 Å². The van der Waals surface area contributed by atoms with Gasteiger partial charge in [0.25, 0.3) is 0 Å². The maximum Gasteiger partial charge on any atom is 0.358 e. The van der Waals surface area contributed by atoms with E-state index in [1.54, 1.807) is 17.5 Å². The number of carbonyl (C=O) groups is 1. The van der Waals surface area contributed by atoms with Gasteiger partial charge in [-0.05, 0) is 32.3 Å². The summed E-state index contributed by atoms with van der Waals surface area (Å²) in [5.74, 6) is 0.157. The molecular weight excluding hydrogens is 290 g/mol. The fourth-order valence-corrected chi connectivity index (χ4v) is 3.40. The Bertz CT molecular complexity index is 685. The molecule has 0 amide bonds. The molecule has 1 aliphatic rings. The van der Waals surface area contributed by atoms with Crippen LogP contribution < -0.4 is 0 Å². The Labute approximate surface area is 137 Å². The van der Waals surface area contributed by atoms with E-state index >= 15 is 0 Å². The Kier molecular flexibility index (Phi) is 4.94. The maximum absolute atomic E-state index is 11.9. The summed E-state index contributed by atoms with van der Waals surface area (Å²) < 4.78 is 6.84. The van der Waals surface area contributed by atoms with Gasteiger partial charge >= 0.3 is 5.97 Å². The second kappa shape index (κ2) is 7.11. The van der Waals surface area contributed by atoms with Crippen molar-refractivity contribution in [2.24, 2.45) is 0 Å². The van der Waals surface area contributed by atoms with Gasteiger partial charge in [-0.1, -0.05) is 32.6 Å². The largest absolute Gasteiger partial charge is 0.461 e. The quantitative estimate of drug-likeness (QED) is 0.634. The summed E-state index contributed by atoms with van der Waals surface area (Å²) in [5.41, 5.74) is 3.36. The number of hydrogen-bond donors (Lipinski definition) is 0. The molecule has 1 aliphatic carbocycles. The summed E-state index contributed by atoms with van der Waals surface area (Å²) in [7, 11) is 0. The normalized spacial score (nSPS) is 16.4. The van der Waals surface area contributed by atoms with E-state index in [9.17, 15) is 4.79 Å². The summed E-state index contributed by atoms with van der Waals surface area (Å²) in [4.78, 5) is 16.7. The number of nitrogens with zero attached hydrogens (tertiary/aromatic N) is 3. The van der Waals surface area contributed by atoms with Gasteiger partial charge in [-0.2, -0.15) is 5.10 Å². The molecule has 3 rings (SSSR count). The summed E-state index contributed by atoms with van der Waals surface area (Å²) in [6.45, 7) is 4.26. The molecule has 0 saturated heterocycles. The average Bonchev–Trinajstić information content (AvgIpc) is 2.80. The molecule has 5 heteroatoms. The number of carbonyl (C=O) groups excluding carboxylic acids is 1. The van der Waals surface area contributed by atoms with Crippen molar-refractivity contribution in [1.29, 1.82) is 0 Å². The molecule has 1 saturated carbocycles. The van der Waals surface area contributed by atoms with Gasteiger partial charge < -0.3 is 4.74 Å². The monoisotopic (exact) mass is 315 g/mol. The molecule has 0 bridgehead atoms. The van der Waals surface area contributed by atoms with Crippen LogP contribution in [0.1, 0.15) is 80.2 Å². The number of rotatable bonds is 4. The lowest BCUT2D eigenvalue weighted by atomic mass is 9.95. The van der Waals surface area contributed by atoms with Gasteiger partial charge in [0.05, 0.1) is 6.61 Å². The van der Waals surface area contributed by atoms with Gasteiger partial charge in [-0.3, -0.25) is 0 Å². The first kappa shape index (κ1) is 16.0. The average molecular weight is 315 g/mol. The van der Waals surface area contributed by atoms with E-state index in [2.05, 4.69) is 18.1 Å². The summed E-state index contributed by atoms with van der Waals surface area (Å²) in [5, 5.41) is 4.39. The molecule has 0 aliphatic heterocycles. The molecule has 0 spiro atoms. The molecule has 5 nitrogen and oxygen atoms in total. The Morgan fingerprint density at radius 1 is 1.22 bits per heavy atom. The number of fused-ring (bicyclic) bond motifs is 1. The van der Waals surface area contributed by atoms with Crippen molar-refractivity contribution in [1.82, 2.24) is 14.6 Å². The SMILES string of the molecule is CCOC(=O)c1cc2nc(C3CCCCCC3)cc(CC)n2n1. The molecule has 1 fully saturated rings. The van der Waals surface area contributed by atoms with Crippen LogP contribution in [0.4, 0.5) is 0 Å². The zero-order chi connectivity index (χ0) is 16.2. The molecule has 0 aromatic carbocycles. The van der Waals surface area contributed by atoms with E-state index in [1.807, 2.05) is 0 Å². The van der Waals surface area contributed by atoms with Crippen LogP contribution in [0.25, 0.3) is 5.65 Å². The lowest BCUT2D eigenvalue weighted by Gasteiger charge is -2.15. The van der Waals surface area contributed by atoms with Gasteiger partial charge in [0.1, 0.15) is 0 Å². The van der Waals surface area contributed by atoms with Crippen molar-refractivity contribution >= 4 is 11.6 Å². The second-order valence-corrected chi connectivity index (χ2v) is 6.23. The van der Waals surface area contributed by atoms with E-state index in [1.165, 1.54) is 38.5 Å². The minimum Gasteiger partial charge on any atom is -0.461 e. The van der Waals surface area contributed by atoms with E-state index in [-0.39, 0.29) is 5.97 Å². The van der Waals surface area contributed by atoms with Crippen LogP contribution in [0.3, 0.4) is 0 Å². The fraction of sp³-hybridized carbons (Fsp3) is 0.611. The van der Waals surface area contributed by atoms with Crippen molar-refractivity contribution < 1.29 is 9.53 Å². The summed E-state index contributed by atoms with van der Waals surface area (Å²) in [6.07, 6.45) is 8.52. The van der Waals surface area contributed by atoms with Crippen LogP contribution in [-0.2, 0) is 11.2 Å². The summed E-state index contributed by atoms with van der Waals surface area (Å²) >= 11 is 0. The molecule has 124 valence electrons. The van der Waals surface area contributed by atoms with Gasteiger partial charge in [0.2, 0.25) is 0 Å². The number of aromatic nitrogens is 3. The Balaban J connectivity index is 1.99. The van der Waals surface area contributed by atoms with Crippen LogP contribution in [0, 0.1) is 0 Å². The highest BCUT2D eigenvalue weighted by molar-refractivity contribution is 5.88. The lowest BCUT2D eigenvalue weighted by Crippen LogP contribution is -2.08. The number of esters is 1. The fourth-order valence-electron chi connectivity index (χ4n) is 3.40. The predicted octanol–water partition coefficient (Wildman–Crippen LogP) is 3.91. The molecule has 0 unspecified atom stereocenters. The van der Waals surface area contributed by atoms with Crippen LogP contribution >= 0.6 is 0 Å². The highest BCUT2D eigenvalue weighted by atomic mass is 16.5. The highest BCUT2D eigenvalue weighted by Crippen LogP contribution is 2.31. The minimum atomic E-state index is -0.379. The Hall–Kier alpha value is -1.91. The molecule has 2 heterocycles. The molecule has 23 heavy (non-hydrogen) atoms. The second-order valence-electron chi connectivity index (χ2n) is 6.23. The molecule has 0 N–H and O–H groups in total. The van der Waals surface area contributed by atoms with Gasteiger partial charge in [0, 0.05) is 23.4 Å². The summed E-state index contributed by atoms with van der Waals surface area (Å²) in [6, 6.07) is 3.92.